The van der Waals surface area contributed by atoms with Gasteiger partial charge in [-0.15, -0.1) is 0 Å². The van der Waals surface area contributed by atoms with Crippen molar-refractivity contribution in [1.82, 2.24) is 0 Å². The van der Waals surface area contributed by atoms with Crippen molar-refractivity contribution in [1.29, 1.82) is 0 Å². The Kier molecular flexibility index (Phi) is 3.76. The summed E-state index contributed by atoms with van der Waals surface area (Å²) in [6.07, 6.45) is 9.25. The van der Waals surface area contributed by atoms with Crippen molar-refractivity contribution < 1.29 is 15.0 Å². The summed E-state index contributed by atoms with van der Waals surface area (Å²) in [7, 11) is 0. The van der Waals surface area contributed by atoms with Crippen LogP contribution in [0.3, 0.4) is 0 Å². The Morgan fingerprint density at radius 2 is 1.67 bits per heavy atom. The lowest BCUT2D eigenvalue weighted by Gasteiger charge is -2.61. The van der Waals surface area contributed by atoms with Gasteiger partial charge in [-0.3, -0.25) is 4.79 Å². The number of fused-ring (bicyclic) bond motifs is 5. The van der Waals surface area contributed by atoms with Crippen molar-refractivity contribution in [3.05, 3.63) is 0 Å². The predicted octanol–water partition coefficient (Wildman–Crippen LogP) is 3.71. The van der Waals surface area contributed by atoms with Gasteiger partial charge in [-0.25, -0.2) is 0 Å². The number of Topliss-reactive ketones (excluding diaryl/α,β-unsaturated/α-hetero) is 1. The van der Waals surface area contributed by atoms with Crippen LogP contribution in [0.1, 0.15) is 78.6 Å². The first kappa shape index (κ1) is 17.0. The summed E-state index contributed by atoms with van der Waals surface area (Å²) in [5, 5.41) is 21.3. The van der Waals surface area contributed by atoms with Gasteiger partial charge in [0.2, 0.25) is 0 Å². The number of carbonyl (C=O) groups excluding carboxylic acids is 1. The molecule has 0 spiro atoms. The molecule has 4 aliphatic carbocycles. The highest BCUT2D eigenvalue weighted by Gasteiger charge is 2.65. The van der Waals surface area contributed by atoms with Crippen LogP contribution in [0.25, 0.3) is 0 Å². The monoisotopic (exact) mass is 334 g/mol. The minimum Gasteiger partial charge on any atom is -0.393 e. The van der Waals surface area contributed by atoms with Crippen LogP contribution < -0.4 is 0 Å². The molecular weight excluding hydrogens is 300 g/mol. The second kappa shape index (κ2) is 5.30. The highest BCUT2D eigenvalue weighted by molar-refractivity contribution is 5.86. The van der Waals surface area contributed by atoms with Crippen molar-refractivity contribution >= 4 is 5.78 Å². The smallest absolute Gasteiger partial charge is 0.161 e. The summed E-state index contributed by atoms with van der Waals surface area (Å²) < 4.78 is 0. The maximum atomic E-state index is 12.2. The van der Waals surface area contributed by atoms with Crippen LogP contribution in [0.4, 0.5) is 0 Å². The molecule has 4 rings (SSSR count). The fourth-order valence-electron chi connectivity index (χ4n) is 7.83. The Bertz CT molecular complexity index is 545. The molecule has 0 unspecified atom stereocenters. The Hall–Kier alpha value is -0.410. The Morgan fingerprint density at radius 3 is 2.38 bits per heavy atom. The molecule has 0 saturated heterocycles. The fraction of sp³-hybridized carbons (Fsp3) is 0.952. The number of aliphatic hydroxyl groups excluding tert-OH is 1. The Balaban J connectivity index is 1.65. The van der Waals surface area contributed by atoms with E-state index in [4.69, 9.17) is 0 Å². The third-order valence-electron chi connectivity index (χ3n) is 9.37. The largest absolute Gasteiger partial charge is 0.393 e. The van der Waals surface area contributed by atoms with E-state index >= 15 is 0 Å². The molecule has 3 heteroatoms. The quantitative estimate of drug-likeness (QED) is 0.768. The predicted molar refractivity (Wildman–Crippen MR) is 93.4 cm³/mol. The van der Waals surface area contributed by atoms with Gasteiger partial charge in [0.1, 0.15) is 5.60 Å². The molecule has 0 aromatic rings. The molecule has 2 N–H and O–H groups in total. The Labute approximate surface area is 146 Å². The minimum absolute atomic E-state index is 0.0216. The average Bonchev–Trinajstić information content (AvgIpc) is 2.81. The van der Waals surface area contributed by atoms with Gasteiger partial charge in [0.05, 0.1) is 6.10 Å². The molecule has 24 heavy (non-hydrogen) atoms. The SMILES string of the molecule is CC(=O)[C@]1(O)CC[C@@H]2[C@H]3CC[C@H]4C[C@@H](O)CC[C@]4(C)[C@@H]3CC[C@@]21C. The number of hydrogen-bond donors (Lipinski definition) is 2. The van der Waals surface area contributed by atoms with Gasteiger partial charge in [-0.05, 0) is 93.8 Å². The molecule has 3 nitrogen and oxygen atoms in total. The lowest BCUT2D eigenvalue weighted by molar-refractivity contribution is -0.170. The van der Waals surface area contributed by atoms with Gasteiger partial charge >= 0.3 is 0 Å². The standard InChI is InChI=1S/C21H34O3/c1-13(22)21(24)11-8-18-16-5-4-14-12-15(23)6-9-19(14,2)17(16)7-10-20(18,21)3/h14-18,23-24H,4-12H2,1-3H3/t14-,15-,16-,17+,18+,19-,20-,21+/m0/s1. The molecule has 0 bridgehead atoms. The molecule has 0 heterocycles. The van der Waals surface area contributed by atoms with E-state index in [1.54, 1.807) is 6.92 Å². The molecule has 8 atom stereocenters. The van der Waals surface area contributed by atoms with Crippen LogP contribution in [0.5, 0.6) is 0 Å². The highest BCUT2D eigenvalue weighted by Crippen LogP contribution is 2.68. The Morgan fingerprint density at radius 1 is 0.958 bits per heavy atom. The summed E-state index contributed by atoms with van der Waals surface area (Å²) in [6.45, 7) is 6.26. The second-order valence-electron chi connectivity index (χ2n) is 10.00. The number of ketones is 1. The molecule has 0 radical (unpaired) electrons. The molecule has 0 aliphatic heterocycles. The van der Waals surface area contributed by atoms with Gasteiger partial charge in [-0.1, -0.05) is 13.8 Å². The van der Waals surface area contributed by atoms with Crippen molar-refractivity contribution in [2.45, 2.75) is 90.3 Å². The van der Waals surface area contributed by atoms with E-state index in [0.717, 1.165) is 44.4 Å². The van der Waals surface area contributed by atoms with Crippen LogP contribution in [-0.4, -0.2) is 27.7 Å². The number of rotatable bonds is 1. The van der Waals surface area contributed by atoms with E-state index in [9.17, 15) is 15.0 Å². The second-order valence-corrected chi connectivity index (χ2v) is 10.00. The van der Waals surface area contributed by atoms with E-state index in [0.29, 0.717) is 29.6 Å². The molecule has 4 aliphatic rings. The van der Waals surface area contributed by atoms with E-state index < -0.39 is 5.60 Å². The lowest BCUT2D eigenvalue weighted by Crippen LogP contribution is -2.58. The van der Waals surface area contributed by atoms with Crippen LogP contribution in [0.2, 0.25) is 0 Å². The molecular formula is C21H34O3. The van der Waals surface area contributed by atoms with Crippen LogP contribution in [-0.2, 0) is 4.79 Å². The van der Waals surface area contributed by atoms with Crippen LogP contribution in [0.15, 0.2) is 0 Å². The van der Waals surface area contributed by atoms with Crippen molar-refractivity contribution in [3.63, 3.8) is 0 Å². The van der Waals surface area contributed by atoms with Crippen molar-refractivity contribution in [3.8, 4) is 0 Å². The van der Waals surface area contributed by atoms with E-state index in [1.165, 1.54) is 12.8 Å². The first-order valence-corrected chi connectivity index (χ1v) is 10.1. The molecule has 0 aromatic heterocycles. The van der Waals surface area contributed by atoms with Crippen LogP contribution >= 0.6 is 0 Å². The van der Waals surface area contributed by atoms with Crippen molar-refractivity contribution in [2.75, 3.05) is 0 Å². The van der Waals surface area contributed by atoms with Gasteiger partial charge in [-0.2, -0.15) is 0 Å². The summed E-state index contributed by atoms with van der Waals surface area (Å²) in [5.74, 6) is 2.52. The summed E-state index contributed by atoms with van der Waals surface area (Å²) >= 11 is 0. The number of hydrogen-bond acceptors (Lipinski definition) is 3. The lowest BCUT2D eigenvalue weighted by atomic mass is 9.44. The maximum Gasteiger partial charge on any atom is 0.161 e. The minimum atomic E-state index is -1.09. The third-order valence-corrected chi connectivity index (χ3v) is 9.37. The number of carbonyl (C=O) groups is 1. The first-order valence-electron chi connectivity index (χ1n) is 10.1. The van der Waals surface area contributed by atoms with E-state index in [-0.39, 0.29) is 17.3 Å². The molecule has 0 amide bonds. The summed E-state index contributed by atoms with van der Waals surface area (Å²) in [4.78, 5) is 12.2. The van der Waals surface area contributed by atoms with Gasteiger partial charge < -0.3 is 10.2 Å². The fourth-order valence-corrected chi connectivity index (χ4v) is 7.83. The van der Waals surface area contributed by atoms with Gasteiger partial charge in [0.15, 0.2) is 5.78 Å². The molecule has 0 aromatic carbocycles. The van der Waals surface area contributed by atoms with E-state index in [2.05, 4.69) is 13.8 Å². The highest BCUT2D eigenvalue weighted by atomic mass is 16.3. The zero-order valence-electron chi connectivity index (χ0n) is 15.6. The normalized spacial score (nSPS) is 57.0. The van der Waals surface area contributed by atoms with Gasteiger partial charge in [0, 0.05) is 5.41 Å². The van der Waals surface area contributed by atoms with Crippen molar-refractivity contribution in [2.24, 2.45) is 34.5 Å². The molecule has 136 valence electrons. The number of aliphatic hydroxyl groups is 2. The zero-order valence-corrected chi connectivity index (χ0v) is 15.6. The summed E-state index contributed by atoms with van der Waals surface area (Å²) in [6, 6.07) is 0. The average molecular weight is 335 g/mol. The zero-order chi connectivity index (χ0) is 17.3. The molecule has 4 saturated carbocycles. The third kappa shape index (κ3) is 2.00. The first-order chi connectivity index (χ1) is 11.2. The topological polar surface area (TPSA) is 57.5 Å². The van der Waals surface area contributed by atoms with Gasteiger partial charge in [0.25, 0.3) is 0 Å². The molecule has 4 fully saturated rings. The van der Waals surface area contributed by atoms with Crippen LogP contribution in [0, 0.1) is 34.5 Å². The summed E-state index contributed by atoms with van der Waals surface area (Å²) in [5.41, 5.74) is -0.957. The van der Waals surface area contributed by atoms with E-state index in [1.807, 2.05) is 0 Å². The maximum absolute atomic E-state index is 12.2.